The number of morpholine rings is 1. The minimum absolute atomic E-state index is 0.245. The van der Waals surface area contributed by atoms with Gasteiger partial charge < -0.3 is 14.8 Å². The number of carbonyl (C=O) groups is 1. The van der Waals surface area contributed by atoms with Gasteiger partial charge in [-0.2, -0.15) is 0 Å². The Morgan fingerprint density at radius 2 is 2.13 bits per heavy atom. The van der Waals surface area contributed by atoms with Crippen LogP contribution < -0.4 is 5.32 Å². The minimum Gasteiger partial charge on any atom is -0.378 e. The maximum Gasteiger partial charge on any atom is 0.121 e. The molecule has 0 aliphatic carbocycles. The lowest BCUT2D eigenvalue weighted by Gasteiger charge is -2.44. The van der Waals surface area contributed by atoms with Crippen LogP contribution >= 0.6 is 0 Å². The van der Waals surface area contributed by atoms with Crippen molar-refractivity contribution >= 4 is 6.29 Å². The van der Waals surface area contributed by atoms with Gasteiger partial charge in [-0.3, -0.25) is 4.90 Å². The lowest BCUT2D eigenvalue weighted by molar-refractivity contribution is -0.113. The number of nitrogens with one attached hydrogen (secondary N) is 1. The first-order valence-corrected chi connectivity index (χ1v) is 5.64. The van der Waals surface area contributed by atoms with Gasteiger partial charge in [-0.05, 0) is 20.9 Å². The molecule has 0 saturated carbocycles. The van der Waals surface area contributed by atoms with E-state index in [0.29, 0.717) is 25.1 Å². The standard InChI is InChI=1S/C11H22N2O2/c1-9(2)13-10(4-5-14)7-15-8-11(13)6-12-3/h5,9-12H,4,6-8H2,1-3H3. The van der Waals surface area contributed by atoms with Crippen LogP contribution in [-0.4, -0.2) is 56.1 Å². The van der Waals surface area contributed by atoms with Crippen LogP contribution in [0, 0.1) is 0 Å². The summed E-state index contributed by atoms with van der Waals surface area (Å²) >= 11 is 0. The maximum atomic E-state index is 10.6. The number of hydrogen-bond acceptors (Lipinski definition) is 4. The highest BCUT2D eigenvalue weighted by molar-refractivity contribution is 5.50. The number of hydrogen-bond donors (Lipinski definition) is 1. The van der Waals surface area contributed by atoms with Crippen molar-refractivity contribution in [3.05, 3.63) is 0 Å². The fourth-order valence-electron chi connectivity index (χ4n) is 2.35. The molecule has 15 heavy (non-hydrogen) atoms. The van der Waals surface area contributed by atoms with Crippen molar-refractivity contribution in [3.63, 3.8) is 0 Å². The molecule has 1 rings (SSSR count). The summed E-state index contributed by atoms with van der Waals surface area (Å²) in [5, 5.41) is 3.17. The summed E-state index contributed by atoms with van der Waals surface area (Å²) in [7, 11) is 1.95. The third kappa shape index (κ3) is 3.26. The van der Waals surface area contributed by atoms with E-state index in [4.69, 9.17) is 4.74 Å². The summed E-state index contributed by atoms with van der Waals surface area (Å²) < 4.78 is 5.54. The molecule has 88 valence electrons. The molecular formula is C11H22N2O2. The van der Waals surface area contributed by atoms with Gasteiger partial charge in [0, 0.05) is 31.1 Å². The molecule has 1 saturated heterocycles. The predicted octanol–water partition coefficient (Wildman–Crippen LogP) is 0.273. The Morgan fingerprint density at radius 3 is 2.67 bits per heavy atom. The molecule has 0 amide bonds. The highest BCUT2D eigenvalue weighted by Gasteiger charge is 2.32. The van der Waals surface area contributed by atoms with Gasteiger partial charge >= 0.3 is 0 Å². The van der Waals surface area contributed by atoms with E-state index >= 15 is 0 Å². The number of carbonyl (C=O) groups excluding carboxylic acids is 1. The maximum absolute atomic E-state index is 10.6. The van der Waals surface area contributed by atoms with E-state index in [2.05, 4.69) is 24.1 Å². The molecule has 2 unspecified atom stereocenters. The zero-order valence-corrected chi connectivity index (χ0v) is 9.90. The van der Waals surface area contributed by atoms with Crippen LogP contribution in [0.2, 0.25) is 0 Å². The van der Waals surface area contributed by atoms with E-state index in [1.165, 1.54) is 0 Å². The van der Waals surface area contributed by atoms with Gasteiger partial charge in [-0.15, -0.1) is 0 Å². The van der Waals surface area contributed by atoms with Crippen LogP contribution in [0.15, 0.2) is 0 Å². The molecule has 1 N–H and O–H groups in total. The van der Waals surface area contributed by atoms with E-state index < -0.39 is 0 Å². The lowest BCUT2D eigenvalue weighted by Crippen LogP contribution is -2.58. The Labute approximate surface area is 92.0 Å². The van der Waals surface area contributed by atoms with Crippen LogP contribution in [0.3, 0.4) is 0 Å². The molecule has 1 aliphatic rings. The van der Waals surface area contributed by atoms with Gasteiger partial charge in [0.15, 0.2) is 0 Å². The van der Waals surface area contributed by atoms with Gasteiger partial charge in [0.2, 0.25) is 0 Å². The Morgan fingerprint density at radius 1 is 1.47 bits per heavy atom. The summed E-state index contributed by atoms with van der Waals surface area (Å²) in [5.41, 5.74) is 0. The molecular weight excluding hydrogens is 192 g/mol. The first-order valence-electron chi connectivity index (χ1n) is 5.64. The molecule has 0 aromatic rings. The van der Waals surface area contributed by atoms with Crippen molar-refractivity contribution < 1.29 is 9.53 Å². The third-order valence-electron chi connectivity index (χ3n) is 2.87. The van der Waals surface area contributed by atoms with Crippen molar-refractivity contribution in [1.29, 1.82) is 0 Å². The van der Waals surface area contributed by atoms with Gasteiger partial charge in [-0.25, -0.2) is 0 Å². The Kier molecular flexibility index (Phi) is 5.22. The average Bonchev–Trinajstić information content (AvgIpc) is 2.18. The Bertz CT molecular complexity index is 195. The number of rotatable bonds is 5. The number of likely N-dealkylation sites (N-methyl/N-ethyl adjacent to an activating group) is 1. The van der Waals surface area contributed by atoms with Crippen molar-refractivity contribution in [1.82, 2.24) is 10.2 Å². The summed E-state index contributed by atoms with van der Waals surface area (Å²) in [6, 6.07) is 1.08. The number of ether oxygens (including phenoxy) is 1. The van der Waals surface area contributed by atoms with Crippen molar-refractivity contribution in [2.75, 3.05) is 26.8 Å². The van der Waals surface area contributed by atoms with Crippen LogP contribution in [0.5, 0.6) is 0 Å². The molecule has 1 fully saturated rings. The fraction of sp³-hybridized carbons (Fsp3) is 0.909. The molecule has 0 aromatic carbocycles. The van der Waals surface area contributed by atoms with Gasteiger partial charge in [0.05, 0.1) is 13.2 Å². The quantitative estimate of drug-likeness (QED) is 0.667. The van der Waals surface area contributed by atoms with Gasteiger partial charge in [0.25, 0.3) is 0 Å². The highest BCUT2D eigenvalue weighted by atomic mass is 16.5. The van der Waals surface area contributed by atoms with E-state index in [-0.39, 0.29) is 6.04 Å². The van der Waals surface area contributed by atoms with Crippen molar-refractivity contribution in [3.8, 4) is 0 Å². The molecule has 1 heterocycles. The molecule has 0 spiro atoms. The van der Waals surface area contributed by atoms with Crippen LogP contribution in [0.1, 0.15) is 20.3 Å². The fourth-order valence-corrected chi connectivity index (χ4v) is 2.35. The largest absolute Gasteiger partial charge is 0.378 e. The van der Waals surface area contributed by atoms with E-state index in [0.717, 1.165) is 19.4 Å². The topological polar surface area (TPSA) is 41.6 Å². The zero-order valence-electron chi connectivity index (χ0n) is 9.90. The average molecular weight is 214 g/mol. The number of aldehydes is 1. The second kappa shape index (κ2) is 6.20. The van der Waals surface area contributed by atoms with E-state index in [1.807, 2.05) is 7.05 Å². The SMILES string of the molecule is CNCC1COCC(CC=O)N1C(C)C. The van der Waals surface area contributed by atoms with Gasteiger partial charge in [-0.1, -0.05) is 0 Å². The molecule has 1 aliphatic heterocycles. The predicted molar refractivity (Wildman–Crippen MR) is 60.0 cm³/mol. The molecule has 0 bridgehead atoms. The third-order valence-corrected chi connectivity index (χ3v) is 2.87. The molecule has 4 heteroatoms. The molecule has 4 nitrogen and oxygen atoms in total. The summed E-state index contributed by atoms with van der Waals surface area (Å²) in [4.78, 5) is 13.0. The first kappa shape index (κ1) is 12.6. The second-order valence-electron chi connectivity index (χ2n) is 4.35. The number of nitrogens with zero attached hydrogens (tertiary/aromatic N) is 1. The van der Waals surface area contributed by atoms with Crippen LogP contribution in [0.4, 0.5) is 0 Å². The lowest BCUT2D eigenvalue weighted by atomic mass is 10.1. The zero-order chi connectivity index (χ0) is 11.3. The molecule has 0 radical (unpaired) electrons. The monoisotopic (exact) mass is 214 g/mol. The molecule has 0 aromatic heterocycles. The Hall–Kier alpha value is -0.450. The normalized spacial score (nSPS) is 28.3. The smallest absolute Gasteiger partial charge is 0.121 e. The van der Waals surface area contributed by atoms with Crippen molar-refractivity contribution in [2.45, 2.75) is 38.4 Å². The van der Waals surface area contributed by atoms with Crippen LogP contribution in [0.25, 0.3) is 0 Å². The van der Waals surface area contributed by atoms with Crippen molar-refractivity contribution in [2.24, 2.45) is 0 Å². The van der Waals surface area contributed by atoms with Gasteiger partial charge in [0.1, 0.15) is 6.29 Å². The van der Waals surface area contributed by atoms with E-state index in [1.54, 1.807) is 0 Å². The summed E-state index contributed by atoms with van der Waals surface area (Å²) in [5.74, 6) is 0. The molecule has 2 atom stereocenters. The Balaban J connectivity index is 2.66. The second-order valence-corrected chi connectivity index (χ2v) is 4.35. The van der Waals surface area contributed by atoms with E-state index in [9.17, 15) is 4.79 Å². The first-order chi connectivity index (χ1) is 7.20. The minimum atomic E-state index is 0.245. The summed E-state index contributed by atoms with van der Waals surface area (Å²) in [6.07, 6.45) is 1.56. The highest BCUT2D eigenvalue weighted by Crippen LogP contribution is 2.18. The van der Waals surface area contributed by atoms with Crippen LogP contribution in [-0.2, 0) is 9.53 Å². The summed E-state index contributed by atoms with van der Waals surface area (Å²) in [6.45, 7) is 6.69.